The summed E-state index contributed by atoms with van der Waals surface area (Å²) in [5.41, 5.74) is 2.43. The minimum Gasteiger partial charge on any atom is -0.497 e. The zero-order valence-electron chi connectivity index (χ0n) is 18.1. The van der Waals surface area contributed by atoms with Crippen molar-refractivity contribution < 1.29 is 22.7 Å². The SMILES string of the molecule is COc1cccc(N(C(C)C(=O)NCc2ccc(N3CCOCC3)cc2)S(C)(=O)=O)c1. The number of nitrogens with zero attached hydrogens (tertiary/aromatic N) is 2. The molecule has 1 aliphatic rings. The lowest BCUT2D eigenvalue weighted by Crippen LogP contribution is -2.47. The third-order valence-corrected chi connectivity index (χ3v) is 6.42. The molecule has 168 valence electrons. The molecular formula is C22H29N3O5S. The number of hydrogen-bond donors (Lipinski definition) is 1. The molecule has 1 atom stereocenters. The second-order valence-electron chi connectivity index (χ2n) is 7.42. The van der Waals surface area contributed by atoms with Crippen LogP contribution in [0.4, 0.5) is 11.4 Å². The van der Waals surface area contributed by atoms with Crippen LogP contribution in [-0.4, -0.2) is 60.0 Å². The number of methoxy groups -OCH3 is 1. The van der Waals surface area contributed by atoms with Gasteiger partial charge in [0.2, 0.25) is 15.9 Å². The first-order valence-corrected chi connectivity index (χ1v) is 12.0. The highest BCUT2D eigenvalue weighted by Gasteiger charge is 2.29. The predicted octanol–water partition coefficient (Wildman–Crippen LogP) is 2.00. The van der Waals surface area contributed by atoms with Crippen molar-refractivity contribution in [3.63, 3.8) is 0 Å². The molecule has 1 unspecified atom stereocenters. The molecule has 1 amide bonds. The monoisotopic (exact) mass is 447 g/mol. The Kier molecular flexibility index (Phi) is 7.40. The first-order valence-electron chi connectivity index (χ1n) is 10.1. The van der Waals surface area contributed by atoms with Gasteiger partial charge in [0.15, 0.2) is 0 Å². The molecule has 3 rings (SSSR count). The molecule has 8 nitrogen and oxygen atoms in total. The number of hydrogen-bond acceptors (Lipinski definition) is 6. The van der Waals surface area contributed by atoms with Gasteiger partial charge in [-0.2, -0.15) is 0 Å². The lowest BCUT2D eigenvalue weighted by molar-refractivity contribution is -0.122. The van der Waals surface area contributed by atoms with Gasteiger partial charge in [0.05, 0.1) is 32.3 Å². The summed E-state index contributed by atoms with van der Waals surface area (Å²) in [6, 6.07) is 13.7. The van der Waals surface area contributed by atoms with Crippen LogP contribution in [0.5, 0.6) is 5.75 Å². The quantitative estimate of drug-likeness (QED) is 0.666. The van der Waals surface area contributed by atoms with Gasteiger partial charge in [-0.15, -0.1) is 0 Å². The molecule has 1 heterocycles. The Morgan fingerprint density at radius 3 is 2.48 bits per heavy atom. The molecule has 0 saturated carbocycles. The summed E-state index contributed by atoms with van der Waals surface area (Å²) in [7, 11) is -2.18. The Bertz CT molecular complexity index is 988. The number of ether oxygens (including phenoxy) is 2. The van der Waals surface area contributed by atoms with E-state index >= 15 is 0 Å². The fraction of sp³-hybridized carbons (Fsp3) is 0.409. The van der Waals surface area contributed by atoms with Crippen molar-refractivity contribution in [1.82, 2.24) is 5.32 Å². The smallest absolute Gasteiger partial charge is 0.243 e. The first-order chi connectivity index (χ1) is 14.8. The van der Waals surface area contributed by atoms with Crippen molar-refractivity contribution in [2.24, 2.45) is 0 Å². The molecule has 1 N–H and O–H groups in total. The maximum absolute atomic E-state index is 12.8. The summed E-state index contributed by atoms with van der Waals surface area (Å²) in [6.07, 6.45) is 1.08. The third-order valence-electron chi connectivity index (χ3n) is 5.18. The average Bonchev–Trinajstić information content (AvgIpc) is 2.77. The molecule has 0 aromatic heterocycles. The number of anilines is 2. The van der Waals surface area contributed by atoms with Crippen LogP contribution in [0.3, 0.4) is 0 Å². The van der Waals surface area contributed by atoms with Crippen LogP contribution in [0.15, 0.2) is 48.5 Å². The number of sulfonamides is 1. The molecule has 1 fully saturated rings. The van der Waals surface area contributed by atoms with Crippen LogP contribution < -0.4 is 19.3 Å². The Labute approximate surface area is 183 Å². The zero-order chi connectivity index (χ0) is 22.4. The molecule has 2 aromatic carbocycles. The molecule has 0 radical (unpaired) electrons. The fourth-order valence-corrected chi connectivity index (χ4v) is 4.71. The number of nitrogens with one attached hydrogen (secondary N) is 1. The van der Waals surface area contributed by atoms with E-state index < -0.39 is 16.1 Å². The van der Waals surface area contributed by atoms with Crippen LogP contribution >= 0.6 is 0 Å². The van der Waals surface area contributed by atoms with E-state index in [0.717, 1.165) is 48.1 Å². The second-order valence-corrected chi connectivity index (χ2v) is 9.28. The summed E-state index contributed by atoms with van der Waals surface area (Å²) in [5, 5.41) is 2.84. The zero-order valence-corrected chi connectivity index (χ0v) is 18.9. The van der Waals surface area contributed by atoms with Gasteiger partial charge in [0, 0.05) is 31.4 Å². The maximum atomic E-state index is 12.8. The number of rotatable bonds is 8. The molecule has 2 aromatic rings. The van der Waals surface area contributed by atoms with Gasteiger partial charge in [-0.3, -0.25) is 9.10 Å². The third kappa shape index (κ3) is 5.89. The highest BCUT2D eigenvalue weighted by atomic mass is 32.2. The maximum Gasteiger partial charge on any atom is 0.243 e. The number of benzene rings is 2. The van der Waals surface area contributed by atoms with E-state index in [0.29, 0.717) is 18.0 Å². The molecule has 1 saturated heterocycles. The van der Waals surface area contributed by atoms with E-state index in [9.17, 15) is 13.2 Å². The van der Waals surface area contributed by atoms with Crippen LogP contribution in [-0.2, 0) is 26.1 Å². The van der Waals surface area contributed by atoms with Gasteiger partial charge in [0.25, 0.3) is 0 Å². The van der Waals surface area contributed by atoms with Crippen LogP contribution in [0.1, 0.15) is 12.5 Å². The van der Waals surface area contributed by atoms with E-state index in [-0.39, 0.29) is 5.91 Å². The van der Waals surface area contributed by atoms with Crippen LogP contribution in [0, 0.1) is 0 Å². The average molecular weight is 448 g/mol. The Hall–Kier alpha value is -2.78. The Balaban J connectivity index is 1.66. The summed E-state index contributed by atoms with van der Waals surface area (Å²) in [6.45, 7) is 5.04. The molecular weight excluding hydrogens is 418 g/mol. The van der Waals surface area contributed by atoms with E-state index in [1.54, 1.807) is 31.2 Å². The first kappa shape index (κ1) is 22.9. The number of carbonyl (C=O) groups excluding carboxylic acids is 1. The van der Waals surface area contributed by atoms with Gasteiger partial charge in [-0.1, -0.05) is 18.2 Å². The topological polar surface area (TPSA) is 88.2 Å². The molecule has 31 heavy (non-hydrogen) atoms. The summed E-state index contributed by atoms with van der Waals surface area (Å²) in [5.74, 6) is 0.129. The molecule has 9 heteroatoms. The van der Waals surface area contributed by atoms with Gasteiger partial charge in [-0.25, -0.2) is 8.42 Å². The fourth-order valence-electron chi connectivity index (χ4n) is 3.54. The van der Waals surface area contributed by atoms with E-state index in [1.807, 2.05) is 24.3 Å². The highest BCUT2D eigenvalue weighted by Crippen LogP contribution is 2.25. The Morgan fingerprint density at radius 2 is 1.87 bits per heavy atom. The number of morpholine rings is 1. The van der Waals surface area contributed by atoms with Crippen molar-refractivity contribution >= 4 is 27.3 Å². The minimum atomic E-state index is -3.69. The molecule has 0 spiro atoms. The summed E-state index contributed by atoms with van der Waals surface area (Å²) >= 11 is 0. The normalized spacial score (nSPS) is 15.3. The number of amides is 1. The van der Waals surface area contributed by atoms with E-state index in [1.165, 1.54) is 7.11 Å². The lowest BCUT2D eigenvalue weighted by Gasteiger charge is -2.29. The van der Waals surface area contributed by atoms with Crippen molar-refractivity contribution in [3.05, 3.63) is 54.1 Å². The highest BCUT2D eigenvalue weighted by molar-refractivity contribution is 7.92. The van der Waals surface area contributed by atoms with E-state index in [2.05, 4.69) is 10.2 Å². The van der Waals surface area contributed by atoms with Gasteiger partial charge < -0.3 is 19.7 Å². The standard InChI is InChI=1S/C22H29N3O5S/c1-17(25(31(3,27)28)20-5-4-6-21(15-20)29-2)22(26)23-16-18-7-9-19(10-8-18)24-11-13-30-14-12-24/h4-10,15,17H,11-14,16H2,1-3H3,(H,23,26). The minimum absolute atomic E-state index is 0.308. The van der Waals surface area contributed by atoms with Crippen LogP contribution in [0.2, 0.25) is 0 Å². The molecule has 1 aliphatic heterocycles. The van der Waals surface area contributed by atoms with Crippen LogP contribution in [0.25, 0.3) is 0 Å². The number of carbonyl (C=O) groups is 1. The summed E-state index contributed by atoms with van der Waals surface area (Å²) < 4.78 is 36.5. The molecule has 0 bridgehead atoms. The Morgan fingerprint density at radius 1 is 1.19 bits per heavy atom. The van der Waals surface area contributed by atoms with E-state index in [4.69, 9.17) is 9.47 Å². The summed E-state index contributed by atoms with van der Waals surface area (Å²) in [4.78, 5) is 15.0. The largest absolute Gasteiger partial charge is 0.497 e. The van der Waals surface area contributed by atoms with Gasteiger partial charge in [0.1, 0.15) is 11.8 Å². The van der Waals surface area contributed by atoms with Crippen molar-refractivity contribution in [2.75, 3.05) is 48.9 Å². The second kappa shape index (κ2) is 10.0. The molecule has 0 aliphatic carbocycles. The van der Waals surface area contributed by atoms with Gasteiger partial charge in [-0.05, 0) is 36.8 Å². The van der Waals surface area contributed by atoms with Crippen molar-refractivity contribution in [3.8, 4) is 5.75 Å². The van der Waals surface area contributed by atoms with Crippen molar-refractivity contribution in [2.45, 2.75) is 19.5 Å². The van der Waals surface area contributed by atoms with Gasteiger partial charge >= 0.3 is 0 Å². The van der Waals surface area contributed by atoms with Crippen molar-refractivity contribution in [1.29, 1.82) is 0 Å². The lowest BCUT2D eigenvalue weighted by atomic mass is 10.1. The predicted molar refractivity (Wildman–Crippen MR) is 121 cm³/mol.